The average Bonchev–Trinajstić information content (AvgIpc) is 2.21. The van der Waals surface area contributed by atoms with Gasteiger partial charge < -0.3 is 13.6 Å². The summed E-state index contributed by atoms with van der Waals surface area (Å²) < 4.78 is 16.6. The normalized spacial score (nSPS) is 27.7. The van der Waals surface area contributed by atoms with Crippen LogP contribution in [0.2, 0.25) is 0 Å². The zero-order valence-electron chi connectivity index (χ0n) is 7.91. The quantitative estimate of drug-likeness (QED) is 0.647. The van der Waals surface area contributed by atoms with Crippen LogP contribution in [0, 0.1) is 0 Å². The topological polar surface area (TPSA) is 27.7 Å². The van der Waals surface area contributed by atoms with Crippen molar-refractivity contribution in [2.75, 3.05) is 13.2 Å². The smallest absolute Gasteiger partial charge is 0.312 e. The third-order valence-corrected chi connectivity index (χ3v) is 3.73. The molecule has 3 nitrogen and oxygen atoms in total. The van der Waals surface area contributed by atoms with Crippen molar-refractivity contribution in [2.24, 2.45) is 0 Å². The van der Waals surface area contributed by atoms with E-state index in [2.05, 4.69) is 0 Å². The Balaban J connectivity index is 1.69. The van der Waals surface area contributed by atoms with Crippen LogP contribution in [0.3, 0.4) is 0 Å². The van der Waals surface area contributed by atoms with Gasteiger partial charge in [-0.05, 0) is 19.3 Å². The van der Waals surface area contributed by atoms with Gasteiger partial charge in [0.15, 0.2) is 0 Å². The monoisotopic (exact) mass is 204 g/mol. The fourth-order valence-electron chi connectivity index (χ4n) is 1.73. The van der Waals surface area contributed by atoms with Crippen molar-refractivity contribution >= 4 is 8.60 Å². The van der Waals surface area contributed by atoms with E-state index in [0.29, 0.717) is 6.10 Å². The summed E-state index contributed by atoms with van der Waals surface area (Å²) in [6.45, 7) is 1.61. The summed E-state index contributed by atoms with van der Waals surface area (Å²) in [5.74, 6) is 0. The molecule has 1 saturated carbocycles. The molecule has 0 amide bonds. The molecule has 1 aliphatic carbocycles. The summed E-state index contributed by atoms with van der Waals surface area (Å²) in [6.07, 6.45) is 7.74. The van der Waals surface area contributed by atoms with E-state index in [1.807, 2.05) is 0 Å². The van der Waals surface area contributed by atoms with Gasteiger partial charge in [0.05, 0.1) is 19.3 Å². The Labute approximate surface area is 80.7 Å². The molecule has 0 atom stereocenters. The van der Waals surface area contributed by atoms with Crippen LogP contribution in [0.1, 0.15) is 38.5 Å². The molecule has 1 saturated heterocycles. The van der Waals surface area contributed by atoms with Crippen molar-refractivity contribution in [1.82, 2.24) is 0 Å². The van der Waals surface area contributed by atoms with Gasteiger partial charge in [-0.1, -0.05) is 19.3 Å². The molecule has 76 valence electrons. The van der Waals surface area contributed by atoms with Crippen molar-refractivity contribution in [3.05, 3.63) is 0 Å². The third-order valence-electron chi connectivity index (χ3n) is 2.47. The highest BCUT2D eigenvalue weighted by Crippen LogP contribution is 2.45. The molecule has 4 heteroatoms. The van der Waals surface area contributed by atoms with Gasteiger partial charge in [0.1, 0.15) is 0 Å². The second-order valence-electron chi connectivity index (χ2n) is 3.61. The van der Waals surface area contributed by atoms with Gasteiger partial charge in [0, 0.05) is 0 Å². The summed E-state index contributed by atoms with van der Waals surface area (Å²) in [6, 6.07) is 0. The van der Waals surface area contributed by atoms with E-state index >= 15 is 0 Å². The highest BCUT2D eigenvalue weighted by molar-refractivity contribution is 7.41. The molecular weight excluding hydrogens is 187 g/mol. The Morgan fingerprint density at radius 2 is 1.62 bits per heavy atom. The van der Waals surface area contributed by atoms with Crippen LogP contribution in [-0.4, -0.2) is 19.3 Å². The first-order valence-electron chi connectivity index (χ1n) is 5.18. The predicted molar refractivity (Wildman–Crippen MR) is 51.4 cm³/mol. The molecule has 1 heterocycles. The van der Waals surface area contributed by atoms with Crippen LogP contribution in [-0.2, 0) is 13.6 Å². The minimum absolute atomic E-state index is 0.401. The molecule has 13 heavy (non-hydrogen) atoms. The Morgan fingerprint density at radius 3 is 2.31 bits per heavy atom. The largest absolute Gasteiger partial charge is 0.332 e. The summed E-state index contributed by atoms with van der Waals surface area (Å²) >= 11 is 0. The van der Waals surface area contributed by atoms with E-state index in [0.717, 1.165) is 19.6 Å². The molecule has 0 N–H and O–H groups in total. The molecule has 0 unspecified atom stereocenters. The number of rotatable bonds is 2. The lowest BCUT2D eigenvalue weighted by Crippen LogP contribution is -2.17. The van der Waals surface area contributed by atoms with Gasteiger partial charge in [0.25, 0.3) is 0 Å². The fourth-order valence-corrected chi connectivity index (χ4v) is 2.93. The number of hydrogen-bond acceptors (Lipinski definition) is 3. The first-order valence-corrected chi connectivity index (χ1v) is 6.27. The molecule has 0 radical (unpaired) electrons. The second-order valence-corrected chi connectivity index (χ2v) is 4.78. The molecular formula is C9H17O3P. The van der Waals surface area contributed by atoms with E-state index in [-0.39, 0.29) is 0 Å². The fraction of sp³-hybridized carbons (Fsp3) is 1.00. The first kappa shape index (κ1) is 9.85. The SMILES string of the molecule is C1CCC(OP2OCCCO2)CC1. The van der Waals surface area contributed by atoms with Crippen LogP contribution >= 0.6 is 8.60 Å². The van der Waals surface area contributed by atoms with Gasteiger partial charge in [-0.3, -0.25) is 0 Å². The van der Waals surface area contributed by atoms with Gasteiger partial charge in [-0.25, -0.2) is 0 Å². The molecule has 0 aromatic rings. The summed E-state index contributed by atoms with van der Waals surface area (Å²) in [7, 11) is -0.995. The molecule has 0 aromatic heterocycles. The van der Waals surface area contributed by atoms with Gasteiger partial charge >= 0.3 is 8.60 Å². The van der Waals surface area contributed by atoms with E-state index in [1.54, 1.807) is 0 Å². The summed E-state index contributed by atoms with van der Waals surface area (Å²) in [5.41, 5.74) is 0. The van der Waals surface area contributed by atoms with Crippen LogP contribution in [0.5, 0.6) is 0 Å². The average molecular weight is 204 g/mol. The molecule has 2 rings (SSSR count). The maximum Gasteiger partial charge on any atom is 0.332 e. The summed E-state index contributed by atoms with van der Waals surface area (Å²) in [4.78, 5) is 0. The van der Waals surface area contributed by atoms with E-state index in [1.165, 1.54) is 32.1 Å². The molecule has 0 bridgehead atoms. The number of hydrogen-bond donors (Lipinski definition) is 0. The maximum atomic E-state index is 5.75. The minimum atomic E-state index is -0.995. The Hall–Kier alpha value is 0.310. The van der Waals surface area contributed by atoms with Crippen molar-refractivity contribution in [3.63, 3.8) is 0 Å². The molecule has 2 aliphatic rings. The standard InChI is InChI=1S/C9H17O3P/c1-2-5-9(6-3-1)12-13-10-7-4-8-11-13/h9H,1-8H2. The highest BCUT2D eigenvalue weighted by Gasteiger charge is 2.23. The minimum Gasteiger partial charge on any atom is -0.312 e. The van der Waals surface area contributed by atoms with Crippen LogP contribution in [0.25, 0.3) is 0 Å². The molecule has 2 fully saturated rings. The van der Waals surface area contributed by atoms with Crippen LogP contribution < -0.4 is 0 Å². The van der Waals surface area contributed by atoms with E-state index < -0.39 is 8.60 Å². The Morgan fingerprint density at radius 1 is 0.923 bits per heavy atom. The zero-order chi connectivity index (χ0) is 8.93. The predicted octanol–water partition coefficient (Wildman–Crippen LogP) is 3.00. The lowest BCUT2D eigenvalue weighted by Gasteiger charge is -2.27. The van der Waals surface area contributed by atoms with Crippen molar-refractivity contribution < 1.29 is 13.6 Å². The van der Waals surface area contributed by atoms with Crippen LogP contribution in [0.15, 0.2) is 0 Å². The van der Waals surface area contributed by atoms with Crippen molar-refractivity contribution in [1.29, 1.82) is 0 Å². The van der Waals surface area contributed by atoms with Crippen molar-refractivity contribution in [2.45, 2.75) is 44.6 Å². The Bertz CT molecular complexity index is 126. The molecule has 0 spiro atoms. The lowest BCUT2D eigenvalue weighted by molar-refractivity contribution is 0.0707. The molecule has 1 aliphatic heterocycles. The first-order chi connectivity index (χ1) is 6.45. The highest BCUT2D eigenvalue weighted by atomic mass is 31.2. The lowest BCUT2D eigenvalue weighted by atomic mass is 9.98. The Kier molecular flexibility index (Phi) is 3.98. The van der Waals surface area contributed by atoms with Crippen LogP contribution in [0.4, 0.5) is 0 Å². The second kappa shape index (κ2) is 5.26. The van der Waals surface area contributed by atoms with Gasteiger partial charge in [-0.2, -0.15) is 0 Å². The van der Waals surface area contributed by atoms with E-state index in [4.69, 9.17) is 13.6 Å². The maximum absolute atomic E-state index is 5.75. The van der Waals surface area contributed by atoms with E-state index in [9.17, 15) is 0 Å². The molecule has 0 aromatic carbocycles. The van der Waals surface area contributed by atoms with Gasteiger partial charge in [-0.15, -0.1) is 0 Å². The summed E-state index contributed by atoms with van der Waals surface area (Å²) in [5, 5.41) is 0. The third kappa shape index (κ3) is 3.17. The van der Waals surface area contributed by atoms with Crippen molar-refractivity contribution in [3.8, 4) is 0 Å². The van der Waals surface area contributed by atoms with Gasteiger partial charge in [0.2, 0.25) is 0 Å². The zero-order valence-corrected chi connectivity index (χ0v) is 8.80.